The molecule has 0 spiro atoms. The molecule has 1 aromatic carbocycles. The van der Waals surface area contributed by atoms with Gasteiger partial charge in [0.1, 0.15) is 11.4 Å². The number of nitrogens with zero attached hydrogens (tertiary/aromatic N) is 2. The summed E-state index contributed by atoms with van der Waals surface area (Å²) >= 11 is 0. The van der Waals surface area contributed by atoms with Crippen LogP contribution in [0.15, 0.2) is 24.3 Å². The number of aliphatic hydroxyl groups is 1. The van der Waals surface area contributed by atoms with Crippen LogP contribution in [-0.4, -0.2) is 83.8 Å². The van der Waals surface area contributed by atoms with E-state index in [0.717, 1.165) is 88.2 Å². The van der Waals surface area contributed by atoms with Crippen molar-refractivity contribution < 1.29 is 14.6 Å². The summed E-state index contributed by atoms with van der Waals surface area (Å²) in [4.78, 5) is 21.2. The van der Waals surface area contributed by atoms with Gasteiger partial charge in [0.05, 0.1) is 12.7 Å². The molecular weight excluding hydrogens is 428 g/mol. The van der Waals surface area contributed by atoms with Crippen LogP contribution >= 0.6 is 0 Å². The van der Waals surface area contributed by atoms with Crippen molar-refractivity contribution in [3.05, 3.63) is 30.0 Å². The van der Waals surface area contributed by atoms with Crippen LogP contribution in [0.2, 0.25) is 0 Å². The predicted octanol–water partition coefficient (Wildman–Crippen LogP) is 3.39. The number of fused-ring (bicyclic) bond motifs is 1. The molecule has 2 aromatic rings. The maximum Gasteiger partial charge on any atom is 0.267 e. The molecule has 1 aliphatic carbocycles. The number of aromatic nitrogens is 1. The second-order valence-corrected chi connectivity index (χ2v) is 10.5. The molecule has 2 saturated heterocycles. The van der Waals surface area contributed by atoms with Crippen molar-refractivity contribution in [3.63, 3.8) is 0 Å². The zero-order valence-corrected chi connectivity index (χ0v) is 20.3. The van der Waals surface area contributed by atoms with Crippen molar-refractivity contribution in [1.29, 1.82) is 0 Å². The third-order valence-corrected chi connectivity index (χ3v) is 8.03. The Morgan fingerprint density at radius 3 is 2.38 bits per heavy atom. The fourth-order valence-corrected chi connectivity index (χ4v) is 5.75. The van der Waals surface area contributed by atoms with Crippen LogP contribution in [0, 0.1) is 5.92 Å². The van der Waals surface area contributed by atoms with Gasteiger partial charge in [0, 0.05) is 56.2 Å². The predicted molar refractivity (Wildman–Crippen MR) is 134 cm³/mol. The Bertz CT molecular complexity index is 938. The first-order valence-corrected chi connectivity index (χ1v) is 13.3. The third-order valence-electron chi connectivity index (χ3n) is 8.03. The van der Waals surface area contributed by atoms with Gasteiger partial charge in [-0.05, 0) is 62.6 Å². The highest BCUT2D eigenvalue weighted by atomic mass is 16.5. The minimum absolute atomic E-state index is 0.0248. The summed E-state index contributed by atoms with van der Waals surface area (Å²) in [7, 11) is 0. The number of hydrogen-bond donors (Lipinski definition) is 3. The van der Waals surface area contributed by atoms with Crippen LogP contribution in [-0.2, 0) is 0 Å². The van der Waals surface area contributed by atoms with Crippen molar-refractivity contribution in [2.45, 2.75) is 63.5 Å². The molecule has 1 aromatic heterocycles. The van der Waals surface area contributed by atoms with Gasteiger partial charge in [0.2, 0.25) is 0 Å². The number of piperidine rings is 2. The van der Waals surface area contributed by atoms with Crippen LogP contribution in [0.25, 0.3) is 10.9 Å². The first kappa shape index (κ1) is 23.6. The maximum atomic E-state index is 13.0. The summed E-state index contributed by atoms with van der Waals surface area (Å²) in [6, 6.07) is 8.18. The highest BCUT2D eigenvalue weighted by molar-refractivity contribution is 5.99. The first-order valence-electron chi connectivity index (χ1n) is 13.3. The van der Waals surface area contributed by atoms with Crippen LogP contribution in [0.5, 0.6) is 5.75 Å². The number of carbonyl (C=O) groups excluding carboxylic acids is 1. The van der Waals surface area contributed by atoms with E-state index in [4.69, 9.17) is 4.74 Å². The Hall–Kier alpha value is -2.09. The highest BCUT2D eigenvalue weighted by Gasteiger charge is 2.24. The van der Waals surface area contributed by atoms with E-state index in [-0.39, 0.29) is 18.1 Å². The van der Waals surface area contributed by atoms with E-state index >= 15 is 0 Å². The van der Waals surface area contributed by atoms with Gasteiger partial charge in [-0.2, -0.15) is 0 Å². The number of H-pyrrole nitrogens is 1. The molecule has 186 valence electrons. The number of benzene rings is 1. The standard InChI is InChI=1S/C27H40N4O3/c32-22-10-14-31(15-11-22)17-16-30-12-8-21(9-13-30)28-27(33)25-18-23-24(29-25)6-3-7-26(23)34-19-20-4-1-2-5-20/h3,6-7,18,20-22,29,32H,1-2,4-5,8-17,19H2,(H,28,33). The average molecular weight is 469 g/mol. The molecule has 7 nitrogen and oxygen atoms in total. The minimum atomic E-state index is -0.107. The number of carbonyl (C=O) groups is 1. The lowest BCUT2D eigenvalue weighted by molar-refractivity contribution is 0.0729. The zero-order chi connectivity index (χ0) is 23.3. The number of aliphatic hydroxyl groups excluding tert-OH is 1. The van der Waals surface area contributed by atoms with Gasteiger partial charge in [-0.15, -0.1) is 0 Å². The summed E-state index contributed by atoms with van der Waals surface area (Å²) in [6.07, 6.45) is 8.82. The monoisotopic (exact) mass is 468 g/mol. The Morgan fingerprint density at radius 2 is 1.68 bits per heavy atom. The van der Waals surface area contributed by atoms with E-state index in [1.807, 2.05) is 24.3 Å². The van der Waals surface area contributed by atoms with Crippen LogP contribution in [0.4, 0.5) is 0 Å². The summed E-state index contributed by atoms with van der Waals surface area (Å²) < 4.78 is 6.16. The van der Waals surface area contributed by atoms with Gasteiger partial charge in [-0.1, -0.05) is 18.9 Å². The van der Waals surface area contributed by atoms with Crippen LogP contribution < -0.4 is 10.1 Å². The molecule has 0 radical (unpaired) electrons. The van der Waals surface area contributed by atoms with E-state index in [1.54, 1.807) is 0 Å². The highest BCUT2D eigenvalue weighted by Crippen LogP contribution is 2.30. The fraction of sp³-hybridized carbons (Fsp3) is 0.667. The van der Waals surface area contributed by atoms with Gasteiger partial charge in [-0.25, -0.2) is 0 Å². The van der Waals surface area contributed by atoms with Gasteiger partial charge in [-0.3, -0.25) is 4.79 Å². The summed E-state index contributed by atoms with van der Waals surface area (Å²) in [6.45, 7) is 6.97. The number of likely N-dealkylation sites (tertiary alicyclic amines) is 2. The second-order valence-electron chi connectivity index (χ2n) is 10.5. The van der Waals surface area contributed by atoms with Crippen molar-refractivity contribution in [1.82, 2.24) is 20.1 Å². The number of aromatic amines is 1. The Kier molecular flexibility index (Phi) is 7.72. The molecule has 3 N–H and O–H groups in total. The second kappa shape index (κ2) is 11.1. The molecule has 3 aliphatic rings. The van der Waals surface area contributed by atoms with Crippen molar-refractivity contribution in [2.24, 2.45) is 5.92 Å². The van der Waals surface area contributed by atoms with Crippen molar-refractivity contribution >= 4 is 16.8 Å². The van der Waals surface area contributed by atoms with Gasteiger partial charge < -0.3 is 29.9 Å². The van der Waals surface area contributed by atoms with Crippen LogP contribution in [0.3, 0.4) is 0 Å². The molecule has 0 bridgehead atoms. The van der Waals surface area contributed by atoms with E-state index in [2.05, 4.69) is 20.1 Å². The van der Waals surface area contributed by atoms with Gasteiger partial charge >= 0.3 is 0 Å². The normalized spacial score (nSPS) is 21.9. The van der Waals surface area contributed by atoms with E-state index in [0.29, 0.717) is 11.6 Å². The Labute approximate surface area is 202 Å². The molecule has 34 heavy (non-hydrogen) atoms. The number of rotatable bonds is 8. The molecule has 3 heterocycles. The molecule has 1 saturated carbocycles. The first-order chi connectivity index (χ1) is 16.6. The fourth-order valence-electron chi connectivity index (χ4n) is 5.75. The van der Waals surface area contributed by atoms with E-state index in [9.17, 15) is 9.90 Å². The summed E-state index contributed by atoms with van der Waals surface area (Å²) in [5, 5.41) is 13.9. The van der Waals surface area contributed by atoms with Gasteiger partial charge in [0.15, 0.2) is 0 Å². The van der Waals surface area contributed by atoms with Crippen molar-refractivity contribution in [2.75, 3.05) is 45.9 Å². The topological polar surface area (TPSA) is 80.8 Å². The Morgan fingerprint density at radius 1 is 1.00 bits per heavy atom. The van der Waals surface area contributed by atoms with Crippen LogP contribution in [0.1, 0.15) is 61.9 Å². The lowest BCUT2D eigenvalue weighted by atomic mass is 10.0. The molecule has 7 heteroatoms. The molecule has 3 fully saturated rings. The number of amides is 1. The summed E-state index contributed by atoms with van der Waals surface area (Å²) in [5.41, 5.74) is 1.57. The molecule has 2 aliphatic heterocycles. The lowest BCUT2D eigenvalue weighted by Gasteiger charge is -2.35. The van der Waals surface area contributed by atoms with E-state index in [1.165, 1.54) is 25.7 Å². The third kappa shape index (κ3) is 5.93. The molecular formula is C27H40N4O3. The van der Waals surface area contributed by atoms with E-state index < -0.39 is 0 Å². The zero-order valence-electron chi connectivity index (χ0n) is 20.3. The summed E-state index contributed by atoms with van der Waals surface area (Å²) in [5.74, 6) is 1.51. The number of nitrogens with one attached hydrogen (secondary N) is 2. The maximum absolute atomic E-state index is 13.0. The smallest absolute Gasteiger partial charge is 0.267 e. The molecule has 0 unspecified atom stereocenters. The lowest BCUT2D eigenvalue weighted by Crippen LogP contribution is -2.47. The van der Waals surface area contributed by atoms with Crippen molar-refractivity contribution in [3.8, 4) is 5.75 Å². The van der Waals surface area contributed by atoms with Gasteiger partial charge in [0.25, 0.3) is 5.91 Å². The molecule has 5 rings (SSSR count). The Balaban J connectivity index is 1.09. The SMILES string of the molecule is O=C(NC1CCN(CCN2CCC(O)CC2)CC1)c1cc2c(OCC3CCCC3)cccc2[nH]1. The minimum Gasteiger partial charge on any atom is -0.493 e. The average Bonchev–Trinajstić information content (AvgIpc) is 3.53. The quantitative estimate of drug-likeness (QED) is 0.553. The largest absolute Gasteiger partial charge is 0.493 e. The number of hydrogen-bond acceptors (Lipinski definition) is 5. The molecule has 1 amide bonds. The molecule has 0 atom stereocenters. The number of ether oxygens (including phenoxy) is 1.